The van der Waals surface area contributed by atoms with Gasteiger partial charge in [0.15, 0.2) is 11.5 Å². The van der Waals surface area contributed by atoms with Crippen molar-refractivity contribution in [3.05, 3.63) is 48.0 Å². The smallest absolute Gasteiger partial charge is 0.339 e. The van der Waals surface area contributed by atoms with E-state index < -0.39 is 10.1 Å². The van der Waals surface area contributed by atoms with Gasteiger partial charge in [-0.05, 0) is 31.2 Å². The predicted octanol–water partition coefficient (Wildman–Crippen LogP) is 2.48. The minimum absolute atomic E-state index is 0.0188. The summed E-state index contributed by atoms with van der Waals surface area (Å²) in [5, 5.41) is 9.64. The summed E-state index contributed by atoms with van der Waals surface area (Å²) in [7, 11) is -2.56. The van der Waals surface area contributed by atoms with Gasteiger partial charge in [0.2, 0.25) is 0 Å². The monoisotopic (exact) mass is 294 g/mol. The second-order valence-electron chi connectivity index (χ2n) is 4.18. The standard InChI is InChI=1S/C14H14O5S/c1-10-3-6-12(7-4-10)20(16,17)19-14-9-11(18-2)5-8-13(14)15/h3-9,15H,1-2H3. The number of aromatic hydroxyl groups is 1. The number of phenolic OH excluding ortho intramolecular Hbond substituents is 1. The first-order valence-corrected chi connectivity index (χ1v) is 7.21. The molecular weight excluding hydrogens is 280 g/mol. The zero-order valence-electron chi connectivity index (χ0n) is 11.0. The fourth-order valence-electron chi connectivity index (χ4n) is 1.56. The molecule has 0 unspecified atom stereocenters. The largest absolute Gasteiger partial charge is 0.504 e. The topological polar surface area (TPSA) is 72.8 Å². The number of rotatable bonds is 4. The molecule has 2 rings (SSSR count). The summed E-state index contributed by atoms with van der Waals surface area (Å²) < 4.78 is 34.1. The van der Waals surface area contributed by atoms with Gasteiger partial charge in [0.05, 0.1) is 7.11 Å². The lowest BCUT2D eigenvalue weighted by Crippen LogP contribution is -2.09. The Morgan fingerprint density at radius 3 is 2.30 bits per heavy atom. The first-order chi connectivity index (χ1) is 9.42. The van der Waals surface area contributed by atoms with Crippen molar-refractivity contribution in [2.24, 2.45) is 0 Å². The molecule has 0 heterocycles. The van der Waals surface area contributed by atoms with Crippen molar-refractivity contribution in [2.45, 2.75) is 11.8 Å². The molecule has 0 saturated carbocycles. The van der Waals surface area contributed by atoms with Crippen molar-refractivity contribution in [2.75, 3.05) is 7.11 Å². The summed E-state index contributed by atoms with van der Waals surface area (Å²) in [6.07, 6.45) is 0. The Hall–Kier alpha value is -2.21. The van der Waals surface area contributed by atoms with Crippen LogP contribution in [-0.2, 0) is 10.1 Å². The number of hydrogen-bond acceptors (Lipinski definition) is 5. The van der Waals surface area contributed by atoms with E-state index in [0.717, 1.165) is 5.56 Å². The summed E-state index contributed by atoms with van der Waals surface area (Å²) in [5.74, 6) is -0.0664. The molecule has 0 radical (unpaired) electrons. The van der Waals surface area contributed by atoms with Crippen molar-refractivity contribution in [3.8, 4) is 17.2 Å². The zero-order valence-corrected chi connectivity index (χ0v) is 11.8. The average molecular weight is 294 g/mol. The molecule has 0 aromatic heterocycles. The Labute approximate surface area is 117 Å². The van der Waals surface area contributed by atoms with Gasteiger partial charge >= 0.3 is 10.1 Å². The molecule has 106 valence electrons. The normalized spacial score (nSPS) is 11.1. The molecule has 6 heteroatoms. The van der Waals surface area contributed by atoms with E-state index in [4.69, 9.17) is 8.92 Å². The van der Waals surface area contributed by atoms with Crippen LogP contribution in [0.4, 0.5) is 0 Å². The lowest BCUT2D eigenvalue weighted by Gasteiger charge is -2.10. The van der Waals surface area contributed by atoms with Crippen LogP contribution in [0.3, 0.4) is 0 Å². The Kier molecular flexibility index (Phi) is 3.85. The van der Waals surface area contributed by atoms with Gasteiger partial charge in [0, 0.05) is 6.07 Å². The molecule has 2 aromatic carbocycles. The van der Waals surface area contributed by atoms with Gasteiger partial charge in [-0.25, -0.2) is 0 Å². The van der Waals surface area contributed by atoms with Gasteiger partial charge in [-0.1, -0.05) is 17.7 Å². The average Bonchev–Trinajstić information content (AvgIpc) is 2.41. The van der Waals surface area contributed by atoms with E-state index in [1.54, 1.807) is 12.1 Å². The molecule has 0 spiro atoms. The van der Waals surface area contributed by atoms with Gasteiger partial charge in [0.1, 0.15) is 10.6 Å². The molecule has 0 bridgehead atoms. The summed E-state index contributed by atoms with van der Waals surface area (Å²) >= 11 is 0. The van der Waals surface area contributed by atoms with E-state index in [2.05, 4.69) is 0 Å². The molecule has 20 heavy (non-hydrogen) atoms. The highest BCUT2D eigenvalue weighted by molar-refractivity contribution is 7.87. The van der Waals surface area contributed by atoms with Crippen molar-refractivity contribution >= 4 is 10.1 Å². The van der Waals surface area contributed by atoms with Crippen LogP contribution in [0.2, 0.25) is 0 Å². The second kappa shape index (κ2) is 5.42. The van der Waals surface area contributed by atoms with Crippen LogP contribution in [0.15, 0.2) is 47.4 Å². The fraction of sp³-hybridized carbons (Fsp3) is 0.143. The lowest BCUT2D eigenvalue weighted by molar-refractivity contribution is 0.401. The van der Waals surface area contributed by atoms with Crippen molar-refractivity contribution < 1.29 is 22.4 Å². The van der Waals surface area contributed by atoms with Crippen molar-refractivity contribution in [1.82, 2.24) is 0 Å². The van der Waals surface area contributed by atoms with Crippen LogP contribution in [0.1, 0.15) is 5.56 Å². The van der Waals surface area contributed by atoms with Crippen LogP contribution in [0.25, 0.3) is 0 Å². The molecule has 0 saturated heterocycles. The molecule has 2 aromatic rings. The molecule has 0 aliphatic rings. The van der Waals surface area contributed by atoms with E-state index >= 15 is 0 Å². The van der Waals surface area contributed by atoms with Crippen LogP contribution in [-0.4, -0.2) is 20.6 Å². The number of benzene rings is 2. The first kappa shape index (κ1) is 14.2. The molecule has 0 atom stereocenters. The maximum absolute atomic E-state index is 12.1. The summed E-state index contributed by atoms with van der Waals surface area (Å²) in [4.78, 5) is 0.0188. The number of methoxy groups -OCH3 is 1. The van der Waals surface area contributed by atoms with Crippen LogP contribution < -0.4 is 8.92 Å². The molecule has 0 aliphatic carbocycles. The Balaban J connectivity index is 2.35. The fourth-order valence-corrected chi connectivity index (χ4v) is 2.49. The van der Waals surface area contributed by atoms with Crippen LogP contribution >= 0.6 is 0 Å². The van der Waals surface area contributed by atoms with Gasteiger partial charge in [-0.15, -0.1) is 0 Å². The summed E-state index contributed by atoms with van der Waals surface area (Å²) in [5.41, 5.74) is 0.938. The summed E-state index contributed by atoms with van der Waals surface area (Å²) in [6.45, 7) is 1.85. The Morgan fingerprint density at radius 2 is 1.70 bits per heavy atom. The molecular formula is C14H14O5S. The SMILES string of the molecule is COc1ccc(O)c(OS(=O)(=O)c2ccc(C)cc2)c1. The maximum atomic E-state index is 12.1. The Bertz CT molecular complexity index is 705. The van der Waals surface area contributed by atoms with Crippen LogP contribution in [0.5, 0.6) is 17.2 Å². The van der Waals surface area contributed by atoms with Gasteiger partial charge < -0.3 is 14.0 Å². The third kappa shape index (κ3) is 3.03. The van der Waals surface area contributed by atoms with E-state index in [9.17, 15) is 13.5 Å². The van der Waals surface area contributed by atoms with Gasteiger partial charge in [0.25, 0.3) is 0 Å². The Morgan fingerprint density at radius 1 is 1.05 bits per heavy atom. The highest BCUT2D eigenvalue weighted by atomic mass is 32.2. The summed E-state index contributed by atoms with van der Waals surface area (Å²) in [6, 6.07) is 10.3. The number of hydrogen-bond donors (Lipinski definition) is 1. The number of phenols is 1. The third-order valence-electron chi connectivity index (χ3n) is 2.68. The molecule has 0 aliphatic heterocycles. The van der Waals surface area contributed by atoms with Crippen molar-refractivity contribution in [1.29, 1.82) is 0 Å². The molecule has 0 fully saturated rings. The lowest BCUT2D eigenvalue weighted by atomic mass is 10.2. The third-order valence-corrected chi connectivity index (χ3v) is 3.92. The quantitative estimate of drug-likeness (QED) is 0.877. The highest BCUT2D eigenvalue weighted by Gasteiger charge is 2.18. The number of ether oxygens (including phenoxy) is 1. The van der Waals surface area contributed by atoms with E-state index in [0.29, 0.717) is 5.75 Å². The molecule has 0 amide bonds. The van der Waals surface area contributed by atoms with E-state index in [1.807, 2.05) is 6.92 Å². The highest BCUT2D eigenvalue weighted by Crippen LogP contribution is 2.32. The number of aryl methyl sites for hydroxylation is 1. The maximum Gasteiger partial charge on any atom is 0.339 e. The molecule has 5 nitrogen and oxygen atoms in total. The van der Waals surface area contributed by atoms with Crippen LogP contribution in [0, 0.1) is 6.92 Å². The second-order valence-corrected chi connectivity index (χ2v) is 5.73. The van der Waals surface area contributed by atoms with Gasteiger partial charge in [-0.3, -0.25) is 0 Å². The van der Waals surface area contributed by atoms with E-state index in [1.165, 1.54) is 37.4 Å². The van der Waals surface area contributed by atoms with Crippen molar-refractivity contribution in [3.63, 3.8) is 0 Å². The minimum atomic E-state index is -3.99. The van der Waals surface area contributed by atoms with Gasteiger partial charge in [-0.2, -0.15) is 8.42 Å². The first-order valence-electron chi connectivity index (χ1n) is 5.80. The van der Waals surface area contributed by atoms with E-state index in [-0.39, 0.29) is 16.4 Å². The minimum Gasteiger partial charge on any atom is -0.504 e. The zero-order chi connectivity index (χ0) is 14.8. The molecule has 1 N–H and O–H groups in total. The predicted molar refractivity (Wildman–Crippen MR) is 73.7 cm³/mol.